The highest BCUT2D eigenvalue weighted by Gasteiger charge is 2.22. The average Bonchev–Trinajstić information content (AvgIpc) is 3.18. The first-order valence-corrected chi connectivity index (χ1v) is 9.16. The largest absolute Gasteiger partial charge is 0.361 e. The number of aryl methyl sites for hydroxylation is 4. The maximum absolute atomic E-state index is 12.1. The summed E-state index contributed by atoms with van der Waals surface area (Å²) in [7, 11) is 0. The lowest BCUT2D eigenvalue weighted by Crippen LogP contribution is -2.40. The maximum atomic E-state index is 12.1. The quantitative estimate of drug-likeness (QED) is 0.785. The van der Waals surface area contributed by atoms with Crippen LogP contribution in [0.4, 0.5) is 0 Å². The van der Waals surface area contributed by atoms with Gasteiger partial charge in [0, 0.05) is 31.6 Å². The molecule has 2 aromatic heterocycles. The topological polar surface area (TPSA) is 102 Å². The molecule has 0 saturated carbocycles. The van der Waals surface area contributed by atoms with Gasteiger partial charge in [0.25, 0.3) is 0 Å². The van der Waals surface area contributed by atoms with E-state index >= 15 is 0 Å². The van der Waals surface area contributed by atoms with Gasteiger partial charge in [0.2, 0.25) is 5.91 Å². The molecule has 1 aliphatic heterocycles. The van der Waals surface area contributed by atoms with Crippen LogP contribution in [0.15, 0.2) is 4.52 Å². The molecule has 9 nitrogen and oxygen atoms in total. The number of hydrogen-bond acceptors (Lipinski definition) is 7. The zero-order valence-electron chi connectivity index (χ0n) is 15.7. The fourth-order valence-corrected chi connectivity index (χ4v) is 3.42. The monoisotopic (exact) mass is 361 g/mol. The summed E-state index contributed by atoms with van der Waals surface area (Å²) in [5, 5.41) is 18.3. The summed E-state index contributed by atoms with van der Waals surface area (Å²) in [6, 6.07) is 0. The molecule has 1 unspecified atom stereocenters. The van der Waals surface area contributed by atoms with Gasteiger partial charge in [-0.15, -0.1) is 5.10 Å². The lowest BCUT2D eigenvalue weighted by atomic mass is 9.97. The summed E-state index contributed by atoms with van der Waals surface area (Å²) in [4.78, 5) is 14.5. The van der Waals surface area contributed by atoms with Gasteiger partial charge in [0.15, 0.2) is 0 Å². The smallest absolute Gasteiger partial charge is 0.221 e. The zero-order chi connectivity index (χ0) is 18.5. The Bertz CT molecular complexity index is 720. The second-order valence-electron chi connectivity index (χ2n) is 7.05. The van der Waals surface area contributed by atoms with E-state index in [0.29, 0.717) is 25.4 Å². The summed E-state index contributed by atoms with van der Waals surface area (Å²) in [5.41, 5.74) is 2.15. The predicted molar refractivity (Wildman–Crippen MR) is 94.2 cm³/mol. The normalized spacial score (nSPS) is 18.2. The number of hydrogen-bond donors (Lipinski definition) is 1. The molecular weight excluding hydrogens is 334 g/mol. The summed E-state index contributed by atoms with van der Waals surface area (Å²) < 4.78 is 6.90. The molecular formula is C17H27N7O2. The van der Waals surface area contributed by atoms with Gasteiger partial charge in [-0.2, -0.15) is 0 Å². The Labute approximate surface area is 153 Å². The number of amides is 1. The molecule has 3 rings (SSSR count). The molecule has 0 aromatic carbocycles. The molecule has 26 heavy (non-hydrogen) atoms. The Balaban J connectivity index is 1.42. The number of likely N-dealkylation sites (tertiary alicyclic amines) is 1. The first kappa shape index (κ1) is 18.5. The Morgan fingerprint density at radius 1 is 1.35 bits per heavy atom. The molecule has 1 amide bonds. The summed E-state index contributed by atoms with van der Waals surface area (Å²) >= 11 is 0. The van der Waals surface area contributed by atoms with E-state index in [4.69, 9.17) is 4.52 Å². The lowest BCUT2D eigenvalue weighted by molar-refractivity contribution is -0.121. The van der Waals surface area contributed by atoms with E-state index in [-0.39, 0.29) is 5.91 Å². The van der Waals surface area contributed by atoms with Crippen molar-refractivity contribution in [3.05, 3.63) is 22.8 Å². The van der Waals surface area contributed by atoms with E-state index in [9.17, 15) is 4.79 Å². The van der Waals surface area contributed by atoms with Gasteiger partial charge >= 0.3 is 0 Å². The highest BCUT2D eigenvalue weighted by Crippen LogP contribution is 2.21. The van der Waals surface area contributed by atoms with E-state index in [1.807, 2.05) is 20.8 Å². The van der Waals surface area contributed by atoms with Gasteiger partial charge in [-0.25, -0.2) is 4.68 Å². The van der Waals surface area contributed by atoms with Crippen LogP contribution >= 0.6 is 0 Å². The summed E-state index contributed by atoms with van der Waals surface area (Å²) in [5.74, 6) is 2.14. The van der Waals surface area contributed by atoms with Crippen LogP contribution in [0.3, 0.4) is 0 Å². The van der Waals surface area contributed by atoms with Gasteiger partial charge in [-0.05, 0) is 56.5 Å². The third kappa shape index (κ3) is 4.66. The van der Waals surface area contributed by atoms with E-state index in [1.54, 1.807) is 4.68 Å². The van der Waals surface area contributed by atoms with Crippen molar-refractivity contribution in [1.82, 2.24) is 35.6 Å². The lowest BCUT2D eigenvalue weighted by Gasteiger charge is -2.32. The van der Waals surface area contributed by atoms with Crippen LogP contribution in [0.25, 0.3) is 0 Å². The van der Waals surface area contributed by atoms with Crippen LogP contribution in [0.1, 0.15) is 42.1 Å². The predicted octanol–water partition coefficient (Wildman–Crippen LogP) is 1.00. The number of rotatable bonds is 7. The number of aromatic nitrogens is 5. The van der Waals surface area contributed by atoms with Crippen molar-refractivity contribution in [2.45, 2.75) is 53.1 Å². The van der Waals surface area contributed by atoms with Crippen LogP contribution in [-0.4, -0.2) is 55.8 Å². The Hall–Kier alpha value is -2.29. The van der Waals surface area contributed by atoms with E-state index in [2.05, 4.69) is 30.9 Å². The van der Waals surface area contributed by atoms with Crippen molar-refractivity contribution in [2.24, 2.45) is 5.92 Å². The highest BCUT2D eigenvalue weighted by molar-refractivity contribution is 5.75. The Kier molecular flexibility index (Phi) is 5.97. The average molecular weight is 361 g/mol. The molecule has 1 fully saturated rings. The number of carbonyl (C=O) groups excluding carboxylic acids is 1. The third-order valence-electron chi connectivity index (χ3n) is 5.02. The Morgan fingerprint density at radius 3 is 2.88 bits per heavy atom. The van der Waals surface area contributed by atoms with Crippen molar-refractivity contribution in [1.29, 1.82) is 0 Å². The number of carbonyl (C=O) groups is 1. The van der Waals surface area contributed by atoms with E-state index in [1.165, 1.54) is 5.56 Å². The van der Waals surface area contributed by atoms with Crippen molar-refractivity contribution >= 4 is 5.91 Å². The van der Waals surface area contributed by atoms with Gasteiger partial charge < -0.3 is 9.84 Å². The minimum Gasteiger partial charge on any atom is -0.361 e. The molecule has 1 aliphatic rings. The van der Waals surface area contributed by atoms with E-state index < -0.39 is 0 Å². The molecule has 2 aromatic rings. The van der Waals surface area contributed by atoms with Crippen LogP contribution in [-0.2, 0) is 17.9 Å². The van der Waals surface area contributed by atoms with Gasteiger partial charge in [-0.3, -0.25) is 9.69 Å². The van der Waals surface area contributed by atoms with Crippen molar-refractivity contribution in [2.75, 3.05) is 19.6 Å². The number of tetrazole rings is 1. The number of nitrogens with zero attached hydrogens (tertiary/aromatic N) is 6. The molecule has 0 spiro atoms. The zero-order valence-corrected chi connectivity index (χ0v) is 15.7. The molecule has 1 saturated heterocycles. The van der Waals surface area contributed by atoms with Crippen LogP contribution in [0.5, 0.6) is 0 Å². The fourth-order valence-electron chi connectivity index (χ4n) is 3.42. The second kappa shape index (κ2) is 8.39. The molecule has 9 heteroatoms. The van der Waals surface area contributed by atoms with Gasteiger partial charge in [-0.1, -0.05) is 5.16 Å². The van der Waals surface area contributed by atoms with Crippen molar-refractivity contribution in [3.8, 4) is 0 Å². The molecule has 142 valence electrons. The summed E-state index contributed by atoms with van der Waals surface area (Å²) in [6.45, 7) is 9.92. The summed E-state index contributed by atoms with van der Waals surface area (Å²) in [6.07, 6.45) is 2.68. The van der Waals surface area contributed by atoms with Gasteiger partial charge in [0.05, 0.1) is 12.2 Å². The first-order chi connectivity index (χ1) is 12.5. The maximum Gasteiger partial charge on any atom is 0.221 e. The molecule has 1 atom stereocenters. The van der Waals surface area contributed by atoms with Gasteiger partial charge in [0.1, 0.15) is 11.6 Å². The minimum atomic E-state index is 0.0442. The SMILES string of the molecule is Cc1noc(C)c1CN1CCCC(CNC(=O)CCn2nnnc2C)C1. The molecule has 1 N–H and O–H groups in total. The third-order valence-corrected chi connectivity index (χ3v) is 5.02. The number of nitrogens with one attached hydrogen (secondary N) is 1. The second-order valence-corrected chi connectivity index (χ2v) is 7.05. The molecule has 0 radical (unpaired) electrons. The standard InChI is InChI=1S/C17H27N7O2/c1-12-16(13(2)26-20-12)11-23-7-4-5-15(10-23)9-18-17(25)6-8-24-14(3)19-21-22-24/h15H,4-11H2,1-3H3,(H,18,25). The number of piperidine rings is 1. The highest BCUT2D eigenvalue weighted by atomic mass is 16.5. The fraction of sp³-hybridized carbons (Fsp3) is 0.706. The van der Waals surface area contributed by atoms with Crippen molar-refractivity contribution in [3.63, 3.8) is 0 Å². The molecule has 3 heterocycles. The van der Waals surface area contributed by atoms with Crippen LogP contribution in [0, 0.1) is 26.7 Å². The molecule has 0 bridgehead atoms. The van der Waals surface area contributed by atoms with Crippen LogP contribution in [0.2, 0.25) is 0 Å². The van der Waals surface area contributed by atoms with Crippen LogP contribution < -0.4 is 5.32 Å². The Morgan fingerprint density at radius 2 is 2.19 bits per heavy atom. The van der Waals surface area contributed by atoms with E-state index in [0.717, 1.165) is 49.8 Å². The first-order valence-electron chi connectivity index (χ1n) is 9.16. The minimum absolute atomic E-state index is 0.0442. The molecule has 0 aliphatic carbocycles. The van der Waals surface area contributed by atoms with Crippen molar-refractivity contribution < 1.29 is 9.32 Å².